The van der Waals surface area contributed by atoms with Gasteiger partial charge in [0.1, 0.15) is 11.2 Å². The van der Waals surface area contributed by atoms with Crippen molar-refractivity contribution >= 4 is 35.9 Å². The summed E-state index contributed by atoms with van der Waals surface area (Å²) in [4.78, 5) is 73.3. The maximum absolute atomic E-state index is 13.3. The van der Waals surface area contributed by atoms with Gasteiger partial charge in [-0.1, -0.05) is 11.3 Å². The van der Waals surface area contributed by atoms with Crippen molar-refractivity contribution in [1.29, 1.82) is 0 Å². The third-order valence-electron chi connectivity index (χ3n) is 7.06. The number of rotatable bonds is 15. The van der Waals surface area contributed by atoms with Crippen molar-refractivity contribution in [2.45, 2.75) is 117 Å². The van der Waals surface area contributed by atoms with Crippen LogP contribution in [-0.2, 0) is 48.1 Å². The fraction of sp³-hybridized carbons (Fsp3) is 0.556. The molecule has 1 saturated heterocycles. The summed E-state index contributed by atoms with van der Waals surface area (Å²) in [6, 6.07) is 4.59. The Labute approximate surface area is 303 Å². The topological polar surface area (TPSA) is 198 Å². The van der Waals surface area contributed by atoms with Gasteiger partial charge in [0.2, 0.25) is 5.96 Å². The molecule has 2 aromatic rings. The molecular weight excluding hydrogens is 674 g/mol. The summed E-state index contributed by atoms with van der Waals surface area (Å²) in [5, 5.41) is 8.93. The Morgan fingerprint density at radius 3 is 2.21 bits per heavy atom. The van der Waals surface area contributed by atoms with Crippen LogP contribution in [0.25, 0.3) is 0 Å². The summed E-state index contributed by atoms with van der Waals surface area (Å²) in [6.07, 6.45) is 9.95. The van der Waals surface area contributed by atoms with Gasteiger partial charge in [0, 0.05) is 38.7 Å². The van der Waals surface area contributed by atoms with E-state index in [2.05, 4.69) is 21.2 Å². The molecule has 2 N–H and O–H groups in total. The molecule has 16 heteroatoms. The molecule has 52 heavy (non-hydrogen) atoms. The van der Waals surface area contributed by atoms with Gasteiger partial charge in [-0.25, -0.2) is 24.0 Å². The van der Waals surface area contributed by atoms with Gasteiger partial charge in [-0.2, -0.15) is 0 Å². The lowest BCUT2D eigenvalue weighted by molar-refractivity contribution is -0.172. The van der Waals surface area contributed by atoms with Crippen LogP contribution in [0.3, 0.4) is 0 Å². The van der Waals surface area contributed by atoms with E-state index in [4.69, 9.17) is 31.2 Å². The fourth-order valence-electron chi connectivity index (χ4n) is 4.79. The molecule has 1 aliphatic heterocycles. The zero-order valence-corrected chi connectivity index (χ0v) is 30.8. The Balaban J connectivity index is 1.85. The van der Waals surface area contributed by atoms with E-state index in [1.54, 1.807) is 58.5 Å². The number of aromatic nitrogens is 3. The van der Waals surface area contributed by atoms with Crippen molar-refractivity contribution < 1.29 is 43.0 Å². The molecule has 0 saturated carbocycles. The molecule has 0 spiro atoms. The monoisotopic (exact) mass is 723 g/mol. The normalized spacial score (nSPS) is 13.6. The highest BCUT2D eigenvalue weighted by Gasteiger charge is 2.33. The van der Waals surface area contributed by atoms with Crippen LogP contribution in [0.4, 0.5) is 9.59 Å². The standard InChI is InChI=1S/C36H49N7O9/c1-8-9-10-12-17-49-18-13-11-14-28-24-41(40-39-28)22-25-19-26(21-27(20-25)31(46)52-43-29(44)15-16-30(43)45)23-42(34(48)51-36(5,6)7)32(37)38-33(47)50-35(2,3)4/h1,19-21,24H,9-18,22-23H2,2-7H3,(H2,37,38,47). The van der Waals surface area contributed by atoms with Crippen molar-refractivity contribution in [3.63, 3.8) is 0 Å². The van der Waals surface area contributed by atoms with Crippen LogP contribution in [-0.4, -0.2) is 85.3 Å². The van der Waals surface area contributed by atoms with Gasteiger partial charge in [0.05, 0.1) is 24.3 Å². The van der Waals surface area contributed by atoms with Crippen LogP contribution >= 0.6 is 0 Å². The first-order chi connectivity index (χ1) is 24.4. The Kier molecular flexibility index (Phi) is 14.9. The highest BCUT2D eigenvalue weighted by Crippen LogP contribution is 2.20. The van der Waals surface area contributed by atoms with Crippen molar-refractivity contribution in [2.75, 3.05) is 13.2 Å². The number of ether oxygens (including phenoxy) is 3. The third kappa shape index (κ3) is 14.1. The van der Waals surface area contributed by atoms with E-state index in [9.17, 15) is 24.0 Å². The number of unbranched alkanes of at least 4 members (excludes halogenated alkanes) is 3. The summed E-state index contributed by atoms with van der Waals surface area (Å²) in [5.41, 5.74) is 5.95. The molecule has 0 bridgehead atoms. The number of hydrogen-bond donors (Lipinski definition) is 1. The zero-order chi connectivity index (χ0) is 38.5. The minimum Gasteiger partial charge on any atom is -0.443 e. The number of guanidine groups is 1. The molecule has 3 rings (SSSR count). The Morgan fingerprint density at radius 1 is 0.942 bits per heavy atom. The number of aliphatic imine (C=N–C) groups is 1. The first-order valence-corrected chi connectivity index (χ1v) is 17.1. The number of nitrogens with zero attached hydrogens (tertiary/aromatic N) is 6. The highest BCUT2D eigenvalue weighted by atomic mass is 16.7. The zero-order valence-electron chi connectivity index (χ0n) is 30.8. The summed E-state index contributed by atoms with van der Waals surface area (Å²) < 4.78 is 18.0. The number of carbonyl (C=O) groups is 5. The van der Waals surface area contributed by atoms with Crippen LogP contribution in [0.15, 0.2) is 29.4 Å². The molecular formula is C36H49N7O9. The van der Waals surface area contributed by atoms with Crippen molar-refractivity contribution in [2.24, 2.45) is 10.7 Å². The summed E-state index contributed by atoms with van der Waals surface area (Å²) in [6.45, 7) is 11.1. The first kappa shape index (κ1) is 41.1. The quantitative estimate of drug-likeness (QED) is 0.0877. The van der Waals surface area contributed by atoms with Crippen LogP contribution in [0.5, 0.6) is 0 Å². The molecule has 1 fully saturated rings. The SMILES string of the molecule is C#CCCCCOCCCCc1cn(Cc2cc(CN(C(=O)OC(C)(C)C)/C(N)=N/C(=O)OC(C)(C)C)cc(C(=O)ON3C(=O)CCC3=O)c2)nn1. The third-order valence-corrected chi connectivity index (χ3v) is 7.06. The number of benzene rings is 1. The van der Waals surface area contributed by atoms with Crippen LogP contribution in [0, 0.1) is 12.3 Å². The van der Waals surface area contributed by atoms with Gasteiger partial charge in [-0.05, 0) is 96.9 Å². The van der Waals surface area contributed by atoms with Gasteiger partial charge in [-0.3, -0.25) is 9.59 Å². The highest BCUT2D eigenvalue weighted by molar-refractivity contribution is 6.03. The number of terminal acetylenes is 1. The molecule has 0 radical (unpaired) electrons. The second-order valence-electron chi connectivity index (χ2n) is 14.2. The first-order valence-electron chi connectivity index (χ1n) is 17.1. The summed E-state index contributed by atoms with van der Waals surface area (Å²) in [5.74, 6) is -0.159. The number of aryl methyl sites for hydroxylation is 1. The molecule has 2 heterocycles. The fourth-order valence-corrected chi connectivity index (χ4v) is 4.79. The lowest BCUT2D eigenvalue weighted by Crippen LogP contribution is -2.45. The molecule has 0 unspecified atom stereocenters. The lowest BCUT2D eigenvalue weighted by atomic mass is 10.0. The average Bonchev–Trinajstić information content (AvgIpc) is 3.61. The molecule has 1 aromatic heterocycles. The lowest BCUT2D eigenvalue weighted by Gasteiger charge is -2.27. The van der Waals surface area contributed by atoms with Crippen molar-refractivity contribution in [3.8, 4) is 12.3 Å². The number of amides is 4. The van der Waals surface area contributed by atoms with E-state index in [0.29, 0.717) is 35.8 Å². The number of imide groups is 1. The number of hydroxylamine groups is 2. The van der Waals surface area contributed by atoms with E-state index in [-0.39, 0.29) is 31.5 Å². The van der Waals surface area contributed by atoms with Crippen LogP contribution in [0.2, 0.25) is 0 Å². The second-order valence-corrected chi connectivity index (χ2v) is 14.2. The molecule has 282 valence electrons. The predicted molar refractivity (Wildman–Crippen MR) is 188 cm³/mol. The predicted octanol–water partition coefficient (Wildman–Crippen LogP) is 4.68. The van der Waals surface area contributed by atoms with Gasteiger partial charge < -0.3 is 24.8 Å². The molecule has 1 aromatic carbocycles. The molecule has 16 nitrogen and oxygen atoms in total. The maximum Gasteiger partial charge on any atom is 0.437 e. The Hall–Kier alpha value is -5.30. The number of carbonyl (C=O) groups excluding carboxylic acids is 5. The maximum atomic E-state index is 13.3. The van der Waals surface area contributed by atoms with Gasteiger partial charge in [0.25, 0.3) is 11.8 Å². The molecule has 0 aliphatic carbocycles. The number of nitrogens with two attached hydrogens (primary N) is 1. The Morgan fingerprint density at radius 2 is 1.58 bits per heavy atom. The second kappa shape index (κ2) is 18.8. The largest absolute Gasteiger partial charge is 0.443 e. The Bertz CT molecular complexity index is 1650. The van der Waals surface area contributed by atoms with Crippen molar-refractivity contribution in [3.05, 3.63) is 46.8 Å². The summed E-state index contributed by atoms with van der Waals surface area (Å²) in [7, 11) is 0. The molecule has 1 aliphatic rings. The number of hydrogen-bond acceptors (Lipinski definition) is 11. The van der Waals surface area contributed by atoms with Crippen molar-refractivity contribution in [1.82, 2.24) is 25.0 Å². The minimum absolute atomic E-state index is 0.0357. The van der Waals surface area contributed by atoms with E-state index in [1.807, 2.05) is 0 Å². The van der Waals surface area contributed by atoms with Gasteiger partial charge >= 0.3 is 18.2 Å². The van der Waals surface area contributed by atoms with E-state index < -0.39 is 47.1 Å². The van der Waals surface area contributed by atoms with E-state index >= 15 is 0 Å². The van der Waals surface area contributed by atoms with Gasteiger partial charge in [0.15, 0.2) is 0 Å². The molecule has 4 amide bonds. The average molecular weight is 724 g/mol. The minimum atomic E-state index is -1.03. The molecule has 0 atom stereocenters. The van der Waals surface area contributed by atoms with Crippen LogP contribution in [0.1, 0.15) is 114 Å². The van der Waals surface area contributed by atoms with E-state index in [0.717, 1.165) is 42.7 Å². The van der Waals surface area contributed by atoms with Crippen LogP contribution < -0.4 is 5.73 Å². The smallest absolute Gasteiger partial charge is 0.437 e. The van der Waals surface area contributed by atoms with Gasteiger partial charge in [-0.15, -0.1) is 27.5 Å². The van der Waals surface area contributed by atoms with E-state index in [1.165, 1.54) is 12.1 Å². The summed E-state index contributed by atoms with van der Waals surface area (Å²) >= 11 is 0.